The first-order valence-electron chi connectivity index (χ1n) is 6.32. The second-order valence-electron chi connectivity index (χ2n) is 4.63. The number of para-hydroxylation sites is 1. The van der Waals surface area contributed by atoms with E-state index in [0.29, 0.717) is 16.3 Å². The van der Waals surface area contributed by atoms with Crippen LogP contribution in [0.4, 0.5) is 5.13 Å². The number of thiazole rings is 1. The average Bonchev–Trinajstić information content (AvgIpc) is 2.84. The number of hydrogen-bond donors (Lipinski definition) is 1. The van der Waals surface area contributed by atoms with Crippen molar-refractivity contribution < 1.29 is 9.21 Å². The number of hydrogen-bond acceptors (Lipinski definition) is 5. The number of carbonyl (C=O) groups is 1. The van der Waals surface area contributed by atoms with Gasteiger partial charge in [0.25, 0.3) is 5.91 Å². The van der Waals surface area contributed by atoms with Crippen LogP contribution < -0.4 is 10.9 Å². The van der Waals surface area contributed by atoms with Crippen LogP contribution in [0.5, 0.6) is 0 Å². The average molecular weight is 300 g/mol. The van der Waals surface area contributed by atoms with Crippen molar-refractivity contribution in [3.05, 3.63) is 56.9 Å². The Labute approximate surface area is 124 Å². The molecule has 0 saturated heterocycles. The molecule has 1 aromatic carbocycles. The van der Waals surface area contributed by atoms with E-state index in [-0.39, 0.29) is 5.56 Å². The van der Waals surface area contributed by atoms with E-state index >= 15 is 0 Å². The van der Waals surface area contributed by atoms with Gasteiger partial charge in [-0.3, -0.25) is 10.1 Å². The van der Waals surface area contributed by atoms with Gasteiger partial charge in [-0.25, -0.2) is 9.78 Å². The summed E-state index contributed by atoms with van der Waals surface area (Å²) in [6, 6.07) is 7.14. The monoisotopic (exact) mass is 300 g/mol. The Hall–Kier alpha value is -2.47. The van der Waals surface area contributed by atoms with Crippen LogP contribution in [0.15, 0.2) is 38.9 Å². The van der Waals surface area contributed by atoms with Gasteiger partial charge in [-0.15, -0.1) is 11.3 Å². The molecule has 0 atom stereocenters. The lowest BCUT2D eigenvalue weighted by molar-refractivity contribution is 0.102. The van der Waals surface area contributed by atoms with Crippen LogP contribution >= 0.6 is 11.3 Å². The number of amides is 1. The van der Waals surface area contributed by atoms with Gasteiger partial charge in [0.2, 0.25) is 0 Å². The Morgan fingerprint density at radius 3 is 2.76 bits per heavy atom. The minimum absolute atomic E-state index is 0.0153. The molecule has 2 aromatic heterocycles. The van der Waals surface area contributed by atoms with Gasteiger partial charge in [0.05, 0.1) is 5.69 Å². The fourth-order valence-corrected chi connectivity index (χ4v) is 2.82. The minimum Gasteiger partial charge on any atom is -0.422 e. The molecule has 1 amide bonds. The van der Waals surface area contributed by atoms with Gasteiger partial charge in [-0.05, 0) is 25.5 Å². The first-order chi connectivity index (χ1) is 10.1. The molecule has 0 aliphatic rings. The molecule has 0 bridgehead atoms. The topological polar surface area (TPSA) is 72.2 Å². The van der Waals surface area contributed by atoms with Crippen molar-refractivity contribution in [1.82, 2.24) is 4.98 Å². The molecular weight excluding hydrogens is 288 g/mol. The number of anilines is 1. The maximum absolute atomic E-state index is 12.3. The summed E-state index contributed by atoms with van der Waals surface area (Å²) in [5, 5.41) is 5.67. The maximum Gasteiger partial charge on any atom is 0.349 e. The molecule has 3 rings (SSSR count). The summed E-state index contributed by atoms with van der Waals surface area (Å²) in [6.07, 6.45) is 0. The van der Waals surface area contributed by atoms with Gasteiger partial charge < -0.3 is 4.42 Å². The van der Waals surface area contributed by atoms with Crippen molar-refractivity contribution in [2.75, 3.05) is 5.32 Å². The van der Waals surface area contributed by atoms with E-state index in [1.807, 2.05) is 24.4 Å². The molecule has 106 valence electrons. The number of fused-ring (bicyclic) bond motifs is 1. The molecule has 2 heterocycles. The van der Waals surface area contributed by atoms with E-state index in [4.69, 9.17) is 4.42 Å². The number of nitrogens with zero attached hydrogens (tertiary/aromatic N) is 1. The van der Waals surface area contributed by atoms with E-state index in [0.717, 1.165) is 11.1 Å². The van der Waals surface area contributed by atoms with Gasteiger partial charge in [-0.2, -0.15) is 0 Å². The van der Waals surface area contributed by atoms with E-state index in [2.05, 4.69) is 10.3 Å². The molecule has 0 saturated carbocycles. The smallest absolute Gasteiger partial charge is 0.349 e. The van der Waals surface area contributed by atoms with Crippen LogP contribution in [0.2, 0.25) is 0 Å². The minimum atomic E-state index is -0.642. The van der Waals surface area contributed by atoms with Crippen LogP contribution in [0.1, 0.15) is 21.6 Å². The summed E-state index contributed by atoms with van der Waals surface area (Å²) >= 11 is 1.31. The van der Waals surface area contributed by atoms with Crippen LogP contribution in [0.3, 0.4) is 0 Å². The highest BCUT2D eigenvalue weighted by atomic mass is 32.1. The van der Waals surface area contributed by atoms with Crippen LogP contribution in [0, 0.1) is 13.8 Å². The van der Waals surface area contributed by atoms with E-state index in [1.54, 1.807) is 19.1 Å². The molecule has 0 radical (unpaired) electrons. The normalized spacial score (nSPS) is 10.8. The highest BCUT2D eigenvalue weighted by Crippen LogP contribution is 2.20. The first kappa shape index (κ1) is 13.5. The molecule has 6 heteroatoms. The number of rotatable bonds is 2. The largest absolute Gasteiger partial charge is 0.422 e. The van der Waals surface area contributed by atoms with Crippen molar-refractivity contribution in [2.45, 2.75) is 13.8 Å². The Morgan fingerprint density at radius 2 is 2.05 bits per heavy atom. The Kier molecular flexibility index (Phi) is 3.31. The molecule has 0 aliphatic heterocycles. The third kappa shape index (κ3) is 2.45. The predicted molar refractivity (Wildman–Crippen MR) is 82.0 cm³/mol. The molecule has 5 nitrogen and oxygen atoms in total. The van der Waals surface area contributed by atoms with Crippen molar-refractivity contribution in [1.29, 1.82) is 0 Å². The highest BCUT2D eigenvalue weighted by molar-refractivity contribution is 7.13. The SMILES string of the molecule is Cc1csc(NC(=O)c2c(C)c3ccccc3oc2=O)n1. The van der Waals surface area contributed by atoms with Gasteiger partial charge in [0.1, 0.15) is 11.1 Å². The molecule has 1 N–H and O–H groups in total. The number of carbonyl (C=O) groups excluding carboxylic acids is 1. The molecule has 0 aliphatic carbocycles. The quantitative estimate of drug-likeness (QED) is 0.738. The number of aryl methyl sites for hydroxylation is 2. The van der Waals surface area contributed by atoms with E-state index in [1.165, 1.54) is 11.3 Å². The molecule has 0 fully saturated rings. The van der Waals surface area contributed by atoms with E-state index in [9.17, 15) is 9.59 Å². The molecule has 0 unspecified atom stereocenters. The standard InChI is InChI=1S/C15H12N2O3S/c1-8-7-21-15(16-8)17-13(18)12-9(2)10-5-3-4-6-11(10)20-14(12)19/h3-7H,1-2H3,(H,16,17,18). The van der Waals surface area contributed by atoms with Gasteiger partial charge >= 0.3 is 5.63 Å². The lowest BCUT2D eigenvalue weighted by Gasteiger charge is -2.06. The van der Waals surface area contributed by atoms with Crippen molar-refractivity contribution >= 4 is 33.3 Å². The third-order valence-corrected chi connectivity index (χ3v) is 4.01. The summed E-state index contributed by atoms with van der Waals surface area (Å²) in [6.45, 7) is 3.57. The van der Waals surface area contributed by atoms with Gasteiger partial charge in [0.15, 0.2) is 5.13 Å². The Morgan fingerprint density at radius 1 is 1.29 bits per heavy atom. The summed E-state index contributed by atoms with van der Waals surface area (Å²) < 4.78 is 5.20. The maximum atomic E-state index is 12.3. The fourth-order valence-electron chi connectivity index (χ4n) is 2.14. The molecule has 0 spiro atoms. The molecular formula is C15H12N2O3S. The van der Waals surface area contributed by atoms with E-state index < -0.39 is 11.5 Å². The van der Waals surface area contributed by atoms with Crippen molar-refractivity contribution in [3.8, 4) is 0 Å². The second kappa shape index (κ2) is 5.14. The Balaban J connectivity index is 2.07. The second-order valence-corrected chi connectivity index (χ2v) is 5.49. The van der Waals surface area contributed by atoms with Crippen LogP contribution in [-0.2, 0) is 0 Å². The Bertz CT molecular complexity index is 895. The van der Waals surface area contributed by atoms with Crippen molar-refractivity contribution in [3.63, 3.8) is 0 Å². The number of benzene rings is 1. The zero-order valence-corrected chi connectivity index (χ0v) is 12.3. The zero-order chi connectivity index (χ0) is 15.0. The number of nitrogens with one attached hydrogen (secondary N) is 1. The highest BCUT2D eigenvalue weighted by Gasteiger charge is 2.19. The van der Waals surface area contributed by atoms with Crippen LogP contribution in [-0.4, -0.2) is 10.9 Å². The third-order valence-electron chi connectivity index (χ3n) is 3.14. The fraction of sp³-hybridized carbons (Fsp3) is 0.133. The van der Waals surface area contributed by atoms with Gasteiger partial charge in [-0.1, -0.05) is 18.2 Å². The predicted octanol–water partition coefficient (Wildman–Crippen LogP) is 3.12. The number of aromatic nitrogens is 1. The van der Waals surface area contributed by atoms with Crippen LogP contribution in [0.25, 0.3) is 11.0 Å². The summed E-state index contributed by atoms with van der Waals surface area (Å²) in [7, 11) is 0. The lowest BCUT2D eigenvalue weighted by Crippen LogP contribution is -2.22. The summed E-state index contributed by atoms with van der Waals surface area (Å²) in [5.41, 5.74) is 1.27. The molecule has 21 heavy (non-hydrogen) atoms. The first-order valence-corrected chi connectivity index (χ1v) is 7.20. The molecule has 3 aromatic rings. The van der Waals surface area contributed by atoms with Gasteiger partial charge in [0, 0.05) is 10.8 Å². The zero-order valence-electron chi connectivity index (χ0n) is 11.5. The van der Waals surface area contributed by atoms with Crippen molar-refractivity contribution in [2.24, 2.45) is 0 Å². The lowest BCUT2D eigenvalue weighted by atomic mass is 10.1. The summed E-state index contributed by atoms with van der Waals surface area (Å²) in [5.74, 6) is -0.499. The summed E-state index contributed by atoms with van der Waals surface area (Å²) in [4.78, 5) is 28.5.